The summed E-state index contributed by atoms with van der Waals surface area (Å²) in [5.74, 6) is -2.58. The molecule has 2 heterocycles. The lowest BCUT2D eigenvalue weighted by Crippen LogP contribution is -2.40. The Hall–Kier alpha value is -0.530. The molecule has 1 spiro atoms. The largest absolute Gasteiger partial charge is 0.254 e. The number of nitrogens with zero attached hydrogens (tertiary/aromatic N) is 1. The molecule has 2 aliphatic rings. The Labute approximate surface area is 121 Å². The first-order chi connectivity index (χ1) is 9.31. The van der Waals surface area contributed by atoms with Crippen LogP contribution in [-0.2, 0) is 16.4 Å². The van der Waals surface area contributed by atoms with Crippen LogP contribution in [0.5, 0.6) is 0 Å². The molecule has 112 valence electrons. The van der Waals surface area contributed by atoms with E-state index in [2.05, 4.69) is 0 Å². The van der Waals surface area contributed by atoms with Crippen LogP contribution in [0.3, 0.4) is 0 Å². The smallest absolute Gasteiger partial charge is 0.206 e. The summed E-state index contributed by atoms with van der Waals surface area (Å²) in [4.78, 5) is 1.02. The van der Waals surface area contributed by atoms with Crippen molar-refractivity contribution in [2.45, 2.75) is 42.7 Å². The van der Waals surface area contributed by atoms with Gasteiger partial charge in [-0.1, -0.05) is 6.92 Å². The summed E-state index contributed by atoms with van der Waals surface area (Å²) in [6.07, 6.45) is 1.26. The Kier molecular flexibility index (Phi) is 3.23. The SMILES string of the molecule is CCc1ccc(S(=O)(=O)N2CCC3(CC2)CC3(F)F)s1. The maximum atomic E-state index is 13.3. The van der Waals surface area contributed by atoms with Crippen LogP contribution in [0.1, 0.15) is 31.1 Å². The molecule has 1 saturated carbocycles. The van der Waals surface area contributed by atoms with Gasteiger partial charge in [0.15, 0.2) is 0 Å². The molecular weight excluding hydrogens is 304 g/mol. The summed E-state index contributed by atoms with van der Waals surface area (Å²) in [7, 11) is -3.50. The number of aryl methyl sites for hydroxylation is 1. The van der Waals surface area contributed by atoms with E-state index in [4.69, 9.17) is 0 Å². The fraction of sp³-hybridized carbons (Fsp3) is 0.692. The van der Waals surface area contributed by atoms with Gasteiger partial charge in [-0.25, -0.2) is 17.2 Å². The topological polar surface area (TPSA) is 37.4 Å². The third-order valence-corrected chi connectivity index (χ3v) is 8.07. The van der Waals surface area contributed by atoms with Crippen molar-refractivity contribution < 1.29 is 17.2 Å². The predicted octanol–water partition coefficient (Wildman–Crippen LogP) is 3.12. The van der Waals surface area contributed by atoms with Crippen LogP contribution < -0.4 is 0 Å². The van der Waals surface area contributed by atoms with E-state index in [-0.39, 0.29) is 32.4 Å². The molecule has 1 aliphatic heterocycles. The maximum Gasteiger partial charge on any atom is 0.254 e. The average molecular weight is 321 g/mol. The highest BCUT2D eigenvalue weighted by molar-refractivity contribution is 7.91. The molecule has 0 N–H and O–H groups in total. The number of thiophene rings is 1. The molecule has 0 aromatic carbocycles. The molecule has 0 unspecified atom stereocenters. The molecule has 3 nitrogen and oxygen atoms in total. The minimum atomic E-state index is -3.50. The Morgan fingerprint density at radius 1 is 1.30 bits per heavy atom. The highest BCUT2D eigenvalue weighted by atomic mass is 32.2. The van der Waals surface area contributed by atoms with E-state index in [0.29, 0.717) is 4.21 Å². The molecule has 3 rings (SSSR count). The molecule has 2 fully saturated rings. The van der Waals surface area contributed by atoms with Crippen molar-refractivity contribution in [3.63, 3.8) is 0 Å². The first-order valence-corrected chi connectivity index (χ1v) is 9.03. The Morgan fingerprint density at radius 3 is 2.35 bits per heavy atom. The van der Waals surface area contributed by atoms with E-state index in [1.165, 1.54) is 15.6 Å². The lowest BCUT2D eigenvalue weighted by molar-refractivity contribution is 0.0426. The molecule has 0 amide bonds. The quantitative estimate of drug-likeness (QED) is 0.858. The van der Waals surface area contributed by atoms with E-state index in [0.717, 1.165) is 11.3 Å². The van der Waals surface area contributed by atoms with Gasteiger partial charge in [0.05, 0.1) is 0 Å². The summed E-state index contributed by atoms with van der Waals surface area (Å²) >= 11 is 1.27. The average Bonchev–Trinajstić information content (AvgIpc) is 2.81. The highest BCUT2D eigenvalue weighted by Gasteiger charge is 2.70. The van der Waals surface area contributed by atoms with Gasteiger partial charge in [-0.05, 0) is 31.4 Å². The van der Waals surface area contributed by atoms with Crippen LogP contribution in [0, 0.1) is 5.41 Å². The van der Waals surface area contributed by atoms with Crippen molar-refractivity contribution in [1.82, 2.24) is 4.31 Å². The number of rotatable bonds is 3. The van der Waals surface area contributed by atoms with E-state index in [1.54, 1.807) is 6.07 Å². The van der Waals surface area contributed by atoms with Gasteiger partial charge in [-0.3, -0.25) is 0 Å². The van der Waals surface area contributed by atoms with Crippen molar-refractivity contribution in [1.29, 1.82) is 0 Å². The summed E-state index contributed by atoms with van der Waals surface area (Å²) in [5, 5.41) is 0. The highest BCUT2D eigenvalue weighted by Crippen LogP contribution is 2.66. The summed E-state index contributed by atoms with van der Waals surface area (Å²) in [5.41, 5.74) is -0.914. The zero-order chi connectivity index (χ0) is 14.6. The van der Waals surface area contributed by atoms with Gasteiger partial charge < -0.3 is 0 Å². The molecule has 1 aromatic heterocycles. The van der Waals surface area contributed by atoms with Gasteiger partial charge in [-0.2, -0.15) is 4.31 Å². The minimum absolute atomic E-state index is 0.0765. The second-order valence-corrected chi connectivity index (χ2v) is 8.97. The van der Waals surface area contributed by atoms with E-state index < -0.39 is 21.4 Å². The summed E-state index contributed by atoms with van der Waals surface area (Å²) in [6.45, 7) is 2.39. The molecule has 0 bridgehead atoms. The number of hydrogen-bond acceptors (Lipinski definition) is 3. The number of sulfonamides is 1. The predicted molar refractivity (Wildman–Crippen MR) is 73.7 cm³/mol. The van der Waals surface area contributed by atoms with Crippen molar-refractivity contribution in [2.24, 2.45) is 5.41 Å². The van der Waals surface area contributed by atoms with Crippen molar-refractivity contribution in [3.8, 4) is 0 Å². The first-order valence-electron chi connectivity index (χ1n) is 6.77. The Morgan fingerprint density at radius 2 is 1.90 bits per heavy atom. The molecule has 0 radical (unpaired) electrons. The van der Waals surface area contributed by atoms with E-state index in [9.17, 15) is 17.2 Å². The number of piperidine rings is 1. The molecule has 7 heteroatoms. The van der Waals surface area contributed by atoms with Gasteiger partial charge in [0.2, 0.25) is 0 Å². The molecule has 1 saturated heterocycles. The van der Waals surface area contributed by atoms with E-state index >= 15 is 0 Å². The molecule has 1 aromatic rings. The molecule has 0 atom stereocenters. The van der Waals surface area contributed by atoms with Crippen LogP contribution >= 0.6 is 11.3 Å². The summed E-state index contributed by atoms with van der Waals surface area (Å²) in [6, 6.07) is 3.44. The Balaban J connectivity index is 1.74. The second-order valence-electron chi connectivity index (χ2n) is 5.64. The fourth-order valence-corrected chi connectivity index (χ4v) is 5.78. The van der Waals surface area contributed by atoms with Crippen molar-refractivity contribution >= 4 is 21.4 Å². The zero-order valence-corrected chi connectivity index (χ0v) is 12.9. The van der Waals surface area contributed by atoms with Crippen LogP contribution in [0.15, 0.2) is 16.3 Å². The van der Waals surface area contributed by atoms with Gasteiger partial charge in [-0.15, -0.1) is 11.3 Å². The van der Waals surface area contributed by atoms with Gasteiger partial charge in [0.25, 0.3) is 15.9 Å². The second kappa shape index (κ2) is 4.48. The van der Waals surface area contributed by atoms with Crippen molar-refractivity contribution in [3.05, 3.63) is 17.0 Å². The summed E-state index contributed by atoms with van der Waals surface area (Å²) < 4.78 is 53.2. The first kappa shape index (κ1) is 14.4. The standard InChI is InChI=1S/C13H17F2NO2S2/c1-2-10-3-4-11(19-10)20(17,18)16-7-5-12(6-8-16)9-13(12,14)15/h3-4H,2,5-9H2,1H3. The number of halogens is 2. The molecule has 1 aliphatic carbocycles. The van der Waals surface area contributed by atoms with E-state index in [1.807, 2.05) is 13.0 Å². The lowest BCUT2D eigenvalue weighted by Gasteiger charge is -2.31. The minimum Gasteiger partial charge on any atom is -0.206 e. The van der Waals surface area contributed by atoms with Gasteiger partial charge in [0, 0.05) is 29.8 Å². The third-order valence-electron chi connectivity index (χ3n) is 4.47. The third kappa shape index (κ3) is 2.10. The van der Waals surface area contributed by atoms with Crippen LogP contribution in [0.2, 0.25) is 0 Å². The van der Waals surface area contributed by atoms with Gasteiger partial charge in [0.1, 0.15) is 4.21 Å². The normalized spacial score (nSPS) is 24.9. The lowest BCUT2D eigenvalue weighted by atomic mass is 9.94. The zero-order valence-electron chi connectivity index (χ0n) is 11.2. The monoisotopic (exact) mass is 321 g/mol. The fourth-order valence-electron chi connectivity index (χ4n) is 2.89. The molecule has 20 heavy (non-hydrogen) atoms. The van der Waals surface area contributed by atoms with Gasteiger partial charge >= 0.3 is 0 Å². The van der Waals surface area contributed by atoms with Crippen LogP contribution in [0.4, 0.5) is 8.78 Å². The van der Waals surface area contributed by atoms with Crippen molar-refractivity contribution in [2.75, 3.05) is 13.1 Å². The number of alkyl halides is 2. The molecular formula is C13H17F2NO2S2. The van der Waals surface area contributed by atoms with Crippen LogP contribution in [-0.4, -0.2) is 31.7 Å². The maximum absolute atomic E-state index is 13.3. The number of hydrogen-bond donors (Lipinski definition) is 0. The Bertz CT molecular complexity index is 616. The van der Waals surface area contributed by atoms with Crippen LogP contribution in [0.25, 0.3) is 0 Å².